The Balaban J connectivity index is 1.82. The summed E-state index contributed by atoms with van der Waals surface area (Å²) in [5, 5.41) is 9.09. The van der Waals surface area contributed by atoms with E-state index in [1.54, 1.807) is 0 Å². The average Bonchev–Trinajstić information content (AvgIpc) is 2.39. The Morgan fingerprint density at radius 1 is 1.16 bits per heavy atom. The molecule has 0 aromatic rings. The fourth-order valence-corrected chi connectivity index (χ4v) is 3.51. The van der Waals surface area contributed by atoms with Crippen molar-refractivity contribution in [1.82, 2.24) is 4.90 Å². The normalized spacial score (nSPS) is 29.2. The highest BCUT2D eigenvalue weighted by Crippen LogP contribution is 2.29. The van der Waals surface area contributed by atoms with Gasteiger partial charge in [0.2, 0.25) is 5.91 Å². The van der Waals surface area contributed by atoms with Crippen molar-refractivity contribution in [3.8, 4) is 0 Å². The Bertz CT molecular complexity index is 336. The van der Waals surface area contributed by atoms with Gasteiger partial charge in [-0.3, -0.25) is 9.59 Å². The lowest BCUT2D eigenvalue weighted by atomic mass is 9.84. The summed E-state index contributed by atoms with van der Waals surface area (Å²) in [6.07, 6.45) is 7.48. The van der Waals surface area contributed by atoms with Gasteiger partial charge in [0, 0.05) is 19.5 Å². The van der Waals surface area contributed by atoms with Gasteiger partial charge in [-0.05, 0) is 31.1 Å². The molecule has 2 rings (SSSR count). The summed E-state index contributed by atoms with van der Waals surface area (Å²) in [7, 11) is 0. The van der Waals surface area contributed by atoms with E-state index in [9.17, 15) is 9.59 Å². The minimum atomic E-state index is -0.716. The molecule has 2 aliphatic rings. The molecule has 0 aromatic carbocycles. The summed E-state index contributed by atoms with van der Waals surface area (Å²) in [6.45, 7) is 3.17. The molecule has 0 aromatic heterocycles. The van der Waals surface area contributed by atoms with Gasteiger partial charge in [-0.15, -0.1) is 0 Å². The van der Waals surface area contributed by atoms with E-state index >= 15 is 0 Å². The number of rotatable bonds is 3. The molecule has 0 radical (unpaired) electrons. The number of hydrogen-bond acceptors (Lipinski definition) is 2. The minimum Gasteiger partial charge on any atom is -0.481 e. The molecule has 1 amide bonds. The van der Waals surface area contributed by atoms with Crippen LogP contribution in [-0.2, 0) is 9.59 Å². The third-order valence-corrected chi connectivity index (χ3v) is 4.76. The first-order valence-electron chi connectivity index (χ1n) is 7.58. The molecule has 108 valence electrons. The van der Waals surface area contributed by atoms with E-state index in [4.69, 9.17) is 5.11 Å². The number of carbonyl (C=O) groups excluding carboxylic acids is 1. The topological polar surface area (TPSA) is 57.6 Å². The molecule has 4 nitrogen and oxygen atoms in total. The highest BCUT2D eigenvalue weighted by atomic mass is 16.4. The Morgan fingerprint density at radius 3 is 2.42 bits per heavy atom. The number of carboxylic acids is 1. The van der Waals surface area contributed by atoms with Gasteiger partial charge in [-0.1, -0.05) is 26.2 Å². The number of carboxylic acid groups (broad SMARTS) is 1. The second kappa shape index (κ2) is 6.40. The van der Waals surface area contributed by atoms with Crippen LogP contribution in [0.1, 0.15) is 51.9 Å². The zero-order valence-corrected chi connectivity index (χ0v) is 11.8. The van der Waals surface area contributed by atoms with E-state index in [0.717, 1.165) is 0 Å². The van der Waals surface area contributed by atoms with Crippen molar-refractivity contribution in [1.29, 1.82) is 0 Å². The highest BCUT2D eigenvalue weighted by Gasteiger charge is 2.33. The van der Waals surface area contributed by atoms with Crippen molar-refractivity contribution in [2.45, 2.75) is 51.9 Å². The molecule has 1 N–H and O–H groups in total. The van der Waals surface area contributed by atoms with Gasteiger partial charge in [0.15, 0.2) is 0 Å². The van der Waals surface area contributed by atoms with Crippen molar-refractivity contribution < 1.29 is 14.7 Å². The number of hydrogen-bond donors (Lipinski definition) is 1. The molecule has 1 aliphatic heterocycles. The van der Waals surface area contributed by atoms with Crippen LogP contribution < -0.4 is 0 Å². The van der Waals surface area contributed by atoms with Crippen LogP contribution in [0.5, 0.6) is 0 Å². The number of amides is 1. The lowest BCUT2D eigenvalue weighted by molar-refractivity contribution is -0.148. The first-order chi connectivity index (χ1) is 9.08. The maximum absolute atomic E-state index is 12.3. The van der Waals surface area contributed by atoms with E-state index in [-0.39, 0.29) is 17.7 Å². The molecule has 0 spiro atoms. The van der Waals surface area contributed by atoms with Gasteiger partial charge in [0.25, 0.3) is 0 Å². The van der Waals surface area contributed by atoms with Gasteiger partial charge < -0.3 is 10.0 Å². The van der Waals surface area contributed by atoms with Crippen LogP contribution in [0.25, 0.3) is 0 Å². The van der Waals surface area contributed by atoms with Crippen molar-refractivity contribution in [2.24, 2.45) is 17.8 Å². The van der Waals surface area contributed by atoms with Gasteiger partial charge in [-0.25, -0.2) is 0 Å². The summed E-state index contributed by atoms with van der Waals surface area (Å²) in [6, 6.07) is 0. The second-order valence-electron chi connectivity index (χ2n) is 6.26. The van der Waals surface area contributed by atoms with Crippen LogP contribution in [0.2, 0.25) is 0 Å². The van der Waals surface area contributed by atoms with Crippen LogP contribution >= 0.6 is 0 Å². The van der Waals surface area contributed by atoms with Gasteiger partial charge in [0.05, 0.1) is 5.92 Å². The van der Waals surface area contributed by atoms with Crippen LogP contribution in [-0.4, -0.2) is 35.0 Å². The van der Waals surface area contributed by atoms with E-state index in [1.807, 2.05) is 11.8 Å². The smallest absolute Gasteiger partial charge is 0.306 e. The van der Waals surface area contributed by atoms with Gasteiger partial charge in [-0.2, -0.15) is 0 Å². The van der Waals surface area contributed by atoms with Crippen molar-refractivity contribution >= 4 is 11.9 Å². The van der Waals surface area contributed by atoms with Crippen LogP contribution in [0.4, 0.5) is 0 Å². The third-order valence-electron chi connectivity index (χ3n) is 4.76. The van der Waals surface area contributed by atoms with Crippen LogP contribution in [0, 0.1) is 17.8 Å². The molecule has 1 aliphatic carbocycles. The van der Waals surface area contributed by atoms with Gasteiger partial charge >= 0.3 is 5.97 Å². The average molecular weight is 267 g/mol. The fraction of sp³-hybridized carbons (Fsp3) is 0.867. The van der Waals surface area contributed by atoms with Crippen molar-refractivity contribution in [3.63, 3.8) is 0 Å². The van der Waals surface area contributed by atoms with E-state index in [0.29, 0.717) is 31.8 Å². The maximum Gasteiger partial charge on any atom is 0.306 e. The maximum atomic E-state index is 12.3. The Hall–Kier alpha value is -1.06. The molecule has 1 saturated heterocycles. The molecule has 1 heterocycles. The third kappa shape index (κ3) is 3.71. The molecular weight excluding hydrogens is 242 g/mol. The highest BCUT2D eigenvalue weighted by molar-refractivity contribution is 5.77. The summed E-state index contributed by atoms with van der Waals surface area (Å²) in [4.78, 5) is 25.2. The summed E-state index contributed by atoms with van der Waals surface area (Å²) < 4.78 is 0. The predicted molar refractivity (Wildman–Crippen MR) is 72.7 cm³/mol. The molecule has 2 unspecified atom stereocenters. The second-order valence-corrected chi connectivity index (χ2v) is 6.26. The molecule has 1 saturated carbocycles. The Morgan fingerprint density at radius 2 is 1.84 bits per heavy atom. The number of carbonyl (C=O) groups is 2. The van der Waals surface area contributed by atoms with Crippen LogP contribution in [0.3, 0.4) is 0 Å². The molecule has 2 fully saturated rings. The molecular formula is C15H25NO3. The van der Waals surface area contributed by atoms with Crippen molar-refractivity contribution in [3.05, 3.63) is 0 Å². The first-order valence-corrected chi connectivity index (χ1v) is 7.58. The summed E-state index contributed by atoms with van der Waals surface area (Å²) in [5.41, 5.74) is 0. The van der Waals surface area contributed by atoms with Crippen LogP contribution in [0.15, 0.2) is 0 Å². The lowest BCUT2D eigenvalue weighted by Gasteiger charge is -2.36. The van der Waals surface area contributed by atoms with Gasteiger partial charge in [0.1, 0.15) is 0 Å². The SMILES string of the molecule is CC1CN(C(=O)CC2CCCCC2)CCC1C(=O)O. The Labute approximate surface area is 115 Å². The number of likely N-dealkylation sites (tertiary alicyclic amines) is 1. The minimum absolute atomic E-state index is 0.0709. The number of piperidine rings is 1. The fourth-order valence-electron chi connectivity index (χ4n) is 3.51. The monoisotopic (exact) mass is 267 g/mol. The standard InChI is InChI=1S/C15H25NO3/c1-11-10-16(8-7-13(11)15(18)19)14(17)9-12-5-3-2-4-6-12/h11-13H,2-10H2,1H3,(H,18,19). The lowest BCUT2D eigenvalue weighted by Crippen LogP contribution is -2.45. The summed E-state index contributed by atoms with van der Waals surface area (Å²) >= 11 is 0. The number of nitrogens with zero attached hydrogens (tertiary/aromatic N) is 1. The molecule has 4 heteroatoms. The van der Waals surface area contributed by atoms with E-state index < -0.39 is 5.97 Å². The van der Waals surface area contributed by atoms with E-state index in [1.165, 1.54) is 32.1 Å². The molecule has 0 bridgehead atoms. The summed E-state index contributed by atoms with van der Waals surface area (Å²) in [5.74, 6) is -0.122. The largest absolute Gasteiger partial charge is 0.481 e. The zero-order chi connectivity index (χ0) is 13.8. The van der Waals surface area contributed by atoms with E-state index in [2.05, 4.69) is 0 Å². The predicted octanol–water partition coefficient (Wildman–Crippen LogP) is 2.53. The number of aliphatic carboxylic acids is 1. The Kier molecular flexibility index (Phi) is 4.83. The quantitative estimate of drug-likeness (QED) is 0.855. The van der Waals surface area contributed by atoms with Crippen molar-refractivity contribution in [2.75, 3.05) is 13.1 Å². The molecule has 2 atom stereocenters. The first kappa shape index (κ1) is 14.4. The zero-order valence-electron chi connectivity index (χ0n) is 11.8. The molecule has 19 heavy (non-hydrogen) atoms.